The van der Waals surface area contributed by atoms with Gasteiger partial charge in [-0.1, -0.05) is 12.1 Å². The molecule has 0 aromatic heterocycles. The van der Waals surface area contributed by atoms with Crippen LogP contribution in [0.5, 0.6) is 5.75 Å². The number of nitrogens with two attached hydrogens (primary N) is 3. The second kappa shape index (κ2) is 9.89. The van der Waals surface area contributed by atoms with Crippen molar-refractivity contribution in [3.8, 4) is 5.75 Å². The van der Waals surface area contributed by atoms with Gasteiger partial charge in [-0.3, -0.25) is 15.0 Å². The van der Waals surface area contributed by atoms with Gasteiger partial charge in [0, 0.05) is 6.54 Å². The molecule has 1 rings (SSSR count). The predicted octanol–water partition coefficient (Wildman–Crippen LogP) is -0.684. The van der Waals surface area contributed by atoms with Gasteiger partial charge < -0.3 is 32.9 Å². The number of ketones is 1. The van der Waals surface area contributed by atoms with E-state index in [1.807, 2.05) is 0 Å². The Hall–Kier alpha value is -2.65. The molecule has 0 radical (unpaired) electrons. The fraction of sp³-hybridized carbons (Fsp3) is 0.500. The molecule has 0 saturated heterocycles. The summed E-state index contributed by atoms with van der Waals surface area (Å²) in [6.45, 7) is 3.57. The number of phenols is 1. The summed E-state index contributed by atoms with van der Waals surface area (Å²) in [7, 11) is 0. The van der Waals surface area contributed by atoms with Crippen molar-refractivity contribution in [2.75, 3.05) is 6.54 Å². The molecular weight excluding hydrogens is 348 g/mol. The topological polar surface area (TPSA) is 180 Å². The standard InChI is InChI=1S/C18H30N6O3/c1-18(2,22)15(26)14(4-3-9-23-17(20)21)24-16(27)13(19)10-11-5-7-12(25)8-6-11/h5-8,13-14,25H,3-4,9-10,19,22H2,1-2H3,(H,24,27)(H4,20,21,23). The molecule has 9 heteroatoms. The number of aromatic hydroxyl groups is 1. The molecule has 0 bridgehead atoms. The van der Waals surface area contributed by atoms with Crippen molar-refractivity contribution < 1.29 is 14.7 Å². The smallest absolute Gasteiger partial charge is 0.237 e. The molecule has 1 aromatic rings. The Kier molecular flexibility index (Phi) is 8.20. The molecule has 0 fully saturated rings. The van der Waals surface area contributed by atoms with E-state index >= 15 is 0 Å². The van der Waals surface area contributed by atoms with Crippen LogP contribution in [0.2, 0.25) is 0 Å². The molecule has 0 spiro atoms. The minimum atomic E-state index is -1.10. The van der Waals surface area contributed by atoms with Crippen LogP contribution in [-0.2, 0) is 16.0 Å². The fourth-order valence-electron chi connectivity index (χ4n) is 2.50. The fourth-order valence-corrected chi connectivity index (χ4v) is 2.50. The van der Waals surface area contributed by atoms with Crippen LogP contribution in [0.4, 0.5) is 0 Å². The lowest BCUT2D eigenvalue weighted by Crippen LogP contribution is -2.56. The SMILES string of the molecule is CC(C)(N)C(=O)C(CCCNC(=N)N)NC(=O)C(N)Cc1ccc(O)cc1. The van der Waals surface area contributed by atoms with E-state index in [2.05, 4.69) is 10.6 Å². The summed E-state index contributed by atoms with van der Waals surface area (Å²) < 4.78 is 0. The largest absolute Gasteiger partial charge is 0.508 e. The number of hydrogen-bond donors (Lipinski definition) is 7. The summed E-state index contributed by atoms with van der Waals surface area (Å²) in [5, 5.41) is 21.8. The molecule has 0 aliphatic carbocycles. The van der Waals surface area contributed by atoms with Gasteiger partial charge in [0.15, 0.2) is 11.7 Å². The number of rotatable bonds is 10. The summed E-state index contributed by atoms with van der Waals surface area (Å²) in [5.74, 6) is -0.774. The van der Waals surface area contributed by atoms with Gasteiger partial charge >= 0.3 is 0 Å². The second-order valence-corrected chi connectivity index (χ2v) is 7.11. The number of guanidine groups is 1. The van der Waals surface area contributed by atoms with Gasteiger partial charge in [-0.05, 0) is 50.8 Å². The first kappa shape index (κ1) is 22.4. The minimum Gasteiger partial charge on any atom is -0.508 e. The lowest BCUT2D eigenvalue weighted by atomic mass is 9.91. The van der Waals surface area contributed by atoms with E-state index in [0.29, 0.717) is 19.4 Å². The maximum Gasteiger partial charge on any atom is 0.237 e. The minimum absolute atomic E-state index is 0.131. The highest BCUT2D eigenvalue weighted by molar-refractivity contribution is 5.95. The zero-order chi connectivity index (χ0) is 20.6. The lowest BCUT2D eigenvalue weighted by molar-refractivity contribution is -0.130. The van der Waals surface area contributed by atoms with Crippen molar-refractivity contribution in [2.45, 2.75) is 50.7 Å². The number of carbonyl (C=O) groups is 2. The van der Waals surface area contributed by atoms with Crippen LogP contribution >= 0.6 is 0 Å². The van der Waals surface area contributed by atoms with E-state index in [1.165, 1.54) is 12.1 Å². The van der Waals surface area contributed by atoms with Gasteiger partial charge in [-0.25, -0.2) is 0 Å². The van der Waals surface area contributed by atoms with Crippen LogP contribution < -0.4 is 27.8 Å². The van der Waals surface area contributed by atoms with E-state index in [1.54, 1.807) is 26.0 Å². The average Bonchev–Trinajstić information content (AvgIpc) is 2.57. The summed E-state index contributed by atoms with van der Waals surface area (Å²) >= 11 is 0. The Morgan fingerprint density at radius 1 is 1.26 bits per heavy atom. The summed E-state index contributed by atoms with van der Waals surface area (Å²) in [5.41, 5.74) is 16.8. The Bertz CT molecular complexity index is 654. The van der Waals surface area contributed by atoms with E-state index < -0.39 is 23.5 Å². The van der Waals surface area contributed by atoms with Crippen LogP contribution in [0.3, 0.4) is 0 Å². The maximum atomic E-state index is 12.6. The van der Waals surface area contributed by atoms with Crippen molar-refractivity contribution >= 4 is 17.6 Å². The monoisotopic (exact) mass is 378 g/mol. The second-order valence-electron chi connectivity index (χ2n) is 7.11. The first-order chi connectivity index (χ1) is 12.5. The van der Waals surface area contributed by atoms with Crippen molar-refractivity contribution in [2.24, 2.45) is 17.2 Å². The van der Waals surface area contributed by atoms with E-state index in [-0.39, 0.29) is 23.9 Å². The van der Waals surface area contributed by atoms with Crippen molar-refractivity contribution in [1.29, 1.82) is 5.41 Å². The number of Topliss-reactive ketones (excluding diaryl/α,β-unsaturated/α-hetero) is 1. The van der Waals surface area contributed by atoms with Crippen LogP contribution in [-0.4, -0.2) is 46.9 Å². The molecule has 10 N–H and O–H groups in total. The summed E-state index contributed by atoms with van der Waals surface area (Å²) in [6.07, 6.45) is 1.13. The maximum absolute atomic E-state index is 12.6. The summed E-state index contributed by atoms with van der Waals surface area (Å²) in [4.78, 5) is 25.0. The number of hydrogen-bond acceptors (Lipinski definition) is 6. The van der Waals surface area contributed by atoms with Gasteiger partial charge in [0.2, 0.25) is 5.91 Å². The van der Waals surface area contributed by atoms with Gasteiger partial charge in [0.05, 0.1) is 17.6 Å². The van der Waals surface area contributed by atoms with Crippen LogP contribution in [0.25, 0.3) is 0 Å². The van der Waals surface area contributed by atoms with Crippen LogP contribution in [0.15, 0.2) is 24.3 Å². The molecular formula is C18H30N6O3. The molecule has 1 aromatic carbocycles. The number of phenolic OH excluding ortho intramolecular Hbond substituents is 1. The van der Waals surface area contributed by atoms with Gasteiger partial charge in [-0.2, -0.15) is 0 Å². The molecule has 0 aliphatic heterocycles. The highest BCUT2D eigenvalue weighted by Gasteiger charge is 2.32. The van der Waals surface area contributed by atoms with Crippen molar-refractivity contribution in [1.82, 2.24) is 10.6 Å². The van der Waals surface area contributed by atoms with Crippen LogP contribution in [0.1, 0.15) is 32.3 Å². The number of carbonyl (C=O) groups excluding carboxylic acids is 2. The highest BCUT2D eigenvalue weighted by atomic mass is 16.3. The van der Waals surface area contributed by atoms with Crippen LogP contribution in [0, 0.1) is 5.41 Å². The molecule has 0 heterocycles. The molecule has 2 atom stereocenters. The third-order valence-corrected chi connectivity index (χ3v) is 3.98. The highest BCUT2D eigenvalue weighted by Crippen LogP contribution is 2.12. The predicted molar refractivity (Wildman–Crippen MR) is 104 cm³/mol. The number of benzene rings is 1. The molecule has 0 saturated carbocycles. The Morgan fingerprint density at radius 2 is 1.85 bits per heavy atom. The Balaban J connectivity index is 2.70. The zero-order valence-corrected chi connectivity index (χ0v) is 15.8. The van der Waals surface area contributed by atoms with Crippen molar-refractivity contribution in [3.05, 3.63) is 29.8 Å². The molecule has 150 valence electrons. The van der Waals surface area contributed by atoms with Gasteiger partial charge in [0.25, 0.3) is 0 Å². The molecule has 9 nitrogen and oxygen atoms in total. The van der Waals surface area contributed by atoms with Gasteiger partial charge in [0.1, 0.15) is 5.75 Å². The molecule has 27 heavy (non-hydrogen) atoms. The Labute approximate surface area is 159 Å². The molecule has 0 aliphatic rings. The average molecular weight is 378 g/mol. The van der Waals surface area contributed by atoms with Crippen molar-refractivity contribution in [3.63, 3.8) is 0 Å². The quantitative estimate of drug-likeness (QED) is 0.160. The molecule has 2 unspecified atom stereocenters. The first-order valence-corrected chi connectivity index (χ1v) is 8.75. The lowest BCUT2D eigenvalue weighted by Gasteiger charge is -2.26. The van der Waals surface area contributed by atoms with E-state index in [4.69, 9.17) is 22.6 Å². The number of nitrogens with one attached hydrogen (secondary N) is 3. The molecule has 1 amide bonds. The number of amides is 1. The summed E-state index contributed by atoms with van der Waals surface area (Å²) in [6, 6.07) is 4.78. The Morgan fingerprint density at radius 3 is 2.37 bits per heavy atom. The third kappa shape index (κ3) is 8.06. The zero-order valence-electron chi connectivity index (χ0n) is 15.8. The van der Waals surface area contributed by atoms with E-state index in [0.717, 1.165) is 5.56 Å². The first-order valence-electron chi connectivity index (χ1n) is 8.75. The normalized spacial score (nSPS) is 13.5. The third-order valence-electron chi connectivity index (χ3n) is 3.98. The van der Waals surface area contributed by atoms with Gasteiger partial charge in [-0.15, -0.1) is 0 Å². The van der Waals surface area contributed by atoms with E-state index in [9.17, 15) is 14.7 Å².